The van der Waals surface area contributed by atoms with E-state index in [4.69, 9.17) is 0 Å². The van der Waals surface area contributed by atoms with Crippen molar-refractivity contribution in [2.75, 3.05) is 33.7 Å². The minimum Gasteiger partial charge on any atom is -0.354 e. The van der Waals surface area contributed by atoms with Crippen LogP contribution in [0.5, 0.6) is 0 Å². The Balaban J connectivity index is 1.52. The SMILES string of the molecule is CN(C)C(=O)CN=C(NC1CCCCC1)NC1CCN(Cc2ccc(F)c(F)c2)CC1. The van der Waals surface area contributed by atoms with Crippen molar-refractivity contribution >= 4 is 11.9 Å². The molecule has 0 unspecified atom stereocenters. The zero-order chi connectivity index (χ0) is 22.2. The Morgan fingerprint density at radius 1 is 1.03 bits per heavy atom. The van der Waals surface area contributed by atoms with Gasteiger partial charge in [-0.25, -0.2) is 13.8 Å². The van der Waals surface area contributed by atoms with E-state index < -0.39 is 11.6 Å². The highest BCUT2D eigenvalue weighted by Crippen LogP contribution is 2.18. The quantitative estimate of drug-likeness (QED) is 0.533. The summed E-state index contributed by atoms with van der Waals surface area (Å²) in [5.74, 6) is -0.903. The Labute approximate surface area is 184 Å². The molecule has 1 amide bonds. The summed E-state index contributed by atoms with van der Waals surface area (Å²) in [6.45, 7) is 2.47. The smallest absolute Gasteiger partial charge is 0.243 e. The number of nitrogens with one attached hydrogen (secondary N) is 2. The lowest BCUT2D eigenvalue weighted by Gasteiger charge is -2.34. The van der Waals surface area contributed by atoms with E-state index >= 15 is 0 Å². The Hall–Kier alpha value is -2.22. The topological polar surface area (TPSA) is 60.0 Å². The fraction of sp³-hybridized carbons (Fsp3) is 0.652. The van der Waals surface area contributed by atoms with E-state index in [0.717, 1.165) is 50.3 Å². The molecule has 3 rings (SSSR count). The number of rotatable bonds is 6. The van der Waals surface area contributed by atoms with Crippen LogP contribution in [0, 0.1) is 11.6 Å². The van der Waals surface area contributed by atoms with Crippen LogP contribution in [0.25, 0.3) is 0 Å². The number of benzene rings is 1. The van der Waals surface area contributed by atoms with Crippen molar-refractivity contribution in [3.05, 3.63) is 35.4 Å². The molecule has 0 atom stereocenters. The predicted molar refractivity (Wildman–Crippen MR) is 119 cm³/mol. The van der Waals surface area contributed by atoms with Crippen molar-refractivity contribution in [2.45, 2.75) is 63.6 Å². The number of likely N-dealkylation sites (tertiary alicyclic amines) is 1. The monoisotopic (exact) mass is 435 g/mol. The maximum absolute atomic E-state index is 13.5. The second-order valence-electron chi connectivity index (χ2n) is 8.88. The molecule has 2 N–H and O–H groups in total. The van der Waals surface area contributed by atoms with E-state index in [2.05, 4.69) is 20.5 Å². The summed E-state index contributed by atoms with van der Waals surface area (Å²) < 4.78 is 26.6. The largest absolute Gasteiger partial charge is 0.354 e. The molecular formula is C23H35F2N5O. The number of hydrogen-bond donors (Lipinski definition) is 2. The van der Waals surface area contributed by atoms with Gasteiger partial charge in [-0.2, -0.15) is 0 Å². The van der Waals surface area contributed by atoms with Crippen molar-refractivity contribution in [2.24, 2.45) is 4.99 Å². The van der Waals surface area contributed by atoms with Gasteiger partial charge < -0.3 is 15.5 Å². The third-order valence-corrected chi connectivity index (χ3v) is 6.14. The summed E-state index contributed by atoms with van der Waals surface area (Å²) in [4.78, 5) is 20.4. The standard InChI is InChI=1S/C23H35F2N5O/c1-29(2)22(31)15-26-23(27-18-6-4-3-5-7-18)28-19-10-12-30(13-11-19)16-17-8-9-20(24)21(25)14-17/h8-9,14,18-19H,3-7,10-13,15-16H2,1-2H3,(H2,26,27,28). The van der Waals surface area contributed by atoms with E-state index in [0.29, 0.717) is 12.6 Å². The van der Waals surface area contributed by atoms with E-state index in [-0.39, 0.29) is 18.5 Å². The van der Waals surface area contributed by atoms with Crippen molar-refractivity contribution in [1.29, 1.82) is 0 Å². The molecule has 0 bridgehead atoms. The zero-order valence-corrected chi connectivity index (χ0v) is 18.7. The molecule has 31 heavy (non-hydrogen) atoms. The fourth-order valence-electron chi connectivity index (χ4n) is 4.19. The van der Waals surface area contributed by atoms with Crippen LogP contribution in [0.4, 0.5) is 8.78 Å². The van der Waals surface area contributed by atoms with Gasteiger partial charge in [0.2, 0.25) is 5.91 Å². The van der Waals surface area contributed by atoms with E-state index in [1.807, 2.05) is 0 Å². The molecule has 0 aromatic heterocycles. The molecule has 1 aromatic carbocycles. The van der Waals surface area contributed by atoms with Gasteiger partial charge in [0.25, 0.3) is 0 Å². The first-order chi connectivity index (χ1) is 14.9. The van der Waals surface area contributed by atoms with Crippen molar-refractivity contribution < 1.29 is 13.6 Å². The van der Waals surface area contributed by atoms with Gasteiger partial charge in [-0.15, -0.1) is 0 Å². The summed E-state index contributed by atoms with van der Waals surface area (Å²) in [5, 5.41) is 7.07. The molecule has 1 aliphatic heterocycles. The molecule has 0 spiro atoms. The number of halogens is 2. The summed E-state index contributed by atoms with van der Waals surface area (Å²) in [6, 6.07) is 4.78. The predicted octanol–water partition coefficient (Wildman–Crippen LogP) is 2.89. The van der Waals surface area contributed by atoms with Crippen LogP contribution >= 0.6 is 0 Å². The van der Waals surface area contributed by atoms with E-state index in [1.54, 1.807) is 25.1 Å². The maximum atomic E-state index is 13.5. The number of carbonyl (C=O) groups is 1. The molecule has 1 heterocycles. The van der Waals surface area contributed by atoms with Gasteiger partial charge in [0.05, 0.1) is 0 Å². The van der Waals surface area contributed by atoms with Crippen LogP contribution in [-0.2, 0) is 11.3 Å². The van der Waals surface area contributed by atoms with Crippen LogP contribution in [0.2, 0.25) is 0 Å². The molecular weight excluding hydrogens is 400 g/mol. The van der Waals surface area contributed by atoms with E-state index in [9.17, 15) is 13.6 Å². The minimum atomic E-state index is -0.809. The Bertz CT molecular complexity index is 756. The first-order valence-corrected chi connectivity index (χ1v) is 11.3. The zero-order valence-electron chi connectivity index (χ0n) is 18.7. The average Bonchev–Trinajstić information content (AvgIpc) is 2.76. The lowest BCUT2D eigenvalue weighted by atomic mass is 9.95. The third-order valence-electron chi connectivity index (χ3n) is 6.14. The average molecular weight is 436 g/mol. The second-order valence-corrected chi connectivity index (χ2v) is 8.88. The summed E-state index contributed by atoms with van der Waals surface area (Å²) in [6.07, 6.45) is 7.86. The van der Waals surface area contributed by atoms with Crippen molar-refractivity contribution in [1.82, 2.24) is 20.4 Å². The number of aliphatic imine (C=N–C) groups is 1. The third kappa shape index (κ3) is 7.45. The van der Waals surface area contributed by atoms with Gasteiger partial charge in [-0.3, -0.25) is 9.69 Å². The lowest BCUT2D eigenvalue weighted by Crippen LogP contribution is -2.51. The molecule has 1 saturated heterocycles. The molecule has 1 aromatic rings. The Kier molecular flexibility index (Phi) is 8.63. The summed E-state index contributed by atoms with van der Waals surface area (Å²) in [7, 11) is 3.48. The van der Waals surface area contributed by atoms with Gasteiger partial charge in [-0.1, -0.05) is 25.3 Å². The van der Waals surface area contributed by atoms with Crippen LogP contribution in [-0.4, -0.2) is 67.5 Å². The highest BCUT2D eigenvalue weighted by molar-refractivity contribution is 5.85. The molecule has 172 valence electrons. The Morgan fingerprint density at radius 2 is 1.68 bits per heavy atom. The Morgan fingerprint density at radius 3 is 2.29 bits per heavy atom. The highest BCUT2D eigenvalue weighted by Gasteiger charge is 2.22. The van der Waals surface area contributed by atoms with Crippen molar-refractivity contribution in [3.8, 4) is 0 Å². The van der Waals surface area contributed by atoms with Gasteiger partial charge in [0, 0.05) is 45.8 Å². The molecule has 2 fully saturated rings. The van der Waals surface area contributed by atoms with Gasteiger partial charge >= 0.3 is 0 Å². The number of amides is 1. The highest BCUT2D eigenvalue weighted by atomic mass is 19.2. The number of nitrogens with zero attached hydrogens (tertiary/aromatic N) is 3. The molecule has 8 heteroatoms. The maximum Gasteiger partial charge on any atom is 0.243 e. The number of piperidine rings is 1. The number of hydrogen-bond acceptors (Lipinski definition) is 3. The van der Waals surface area contributed by atoms with Crippen LogP contribution in [0.3, 0.4) is 0 Å². The second kappa shape index (κ2) is 11.4. The first kappa shape index (κ1) is 23.4. The van der Waals surface area contributed by atoms with E-state index in [1.165, 1.54) is 31.4 Å². The molecule has 1 aliphatic carbocycles. The number of likely N-dealkylation sites (N-methyl/N-ethyl adjacent to an activating group) is 1. The molecule has 1 saturated carbocycles. The fourth-order valence-corrected chi connectivity index (χ4v) is 4.19. The van der Waals surface area contributed by atoms with Crippen LogP contribution in [0.15, 0.2) is 23.2 Å². The van der Waals surface area contributed by atoms with Gasteiger partial charge in [-0.05, 0) is 43.4 Å². The van der Waals surface area contributed by atoms with Gasteiger partial charge in [0.1, 0.15) is 6.54 Å². The summed E-state index contributed by atoms with van der Waals surface area (Å²) >= 11 is 0. The van der Waals surface area contributed by atoms with Crippen molar-refractivity contribution in [3.63, 3.8) is 0 Å². The minimum absolute atomic E-state index is 0.0221. The molecule has 2 aliphatic rings. The van der Waals surface area contributed by atoms with Gasteiger partial charge in [0.15, 0.2) is 17.6 Å². The lowest BCUT2D eigenvalue weighted by molar-refractivity contribution is -0.127. The van der Waals surface area contributed by atoms with Crippen LogP contribution in [0.1, 0.15) is 50.5 Å². The first-order valence-electron chi connectivity index (χ1n) is 11.3. The molecule has 6 nitrogen and oxygen atoms in total. The summed E-state index contributed by atoms with van der Waals surface area (Å²) in [5.41, 5.74) is 0.786. The number of guanidine groups is 1. The number of carbonyl (C=O) groups excluding carboxylic acids is 1. The molecule has 0 radical (unpaired) electrons. The normalized spacial score (nSPS) is 19.3. The van der Waals surface area contributed by atoms with Crippen LogP contribution < -0.4 is 10.6 Å².